The zero-order chi connectivity index (χ0) is 15.5. The molecule has 1 N–H and O–H groups in total. The lowest BCUT2D eigenvalue weighted by Gasteiger charge is -2.01. The first kappa shape index (κ1) is 14.4. The molecule has 3 aromatic rings. The topological polar surface area (TPSA) is 75.7 Å². The Morgan fingerprint density at radius 1 is 1.00 bits per heavy atom. The summed E-state index contributed by atoms with van der Waals surface area (Å²) in [5.41, 5.74) is 1.35. The number of halogens is 1. The average molecular weight is 314 g/mol. The summed E-state index contributed by atoms with van der Waals surface area (Å²) in [6, 6.07) is 10.6. The fraction of sp³-hybridized carbons (Fsp3) is 0.125. The van der Waals surface area contributed by atoms with Gasteiger partial charge in [-0.1, -0.05) is 29.8 Å². The fourth-order valence-corrected chi connectivity index (χ4v) is 2.46. The highest BCUT2D eigenvalue weighted by molar-refractivity contribution is 6.33. The second-order valence-corrected chi connectivity index (χ2v) is 5.21. The Balaban J connectivity index is 1.73. The normalized spacial score (nSPS) is 10.8. The molecule has 0 saturated carbocycles. The average Bonchev–Trinajstić information content (AvgIpc) is 2.97. The SMILES string of the molecule is O=C(CCC(=O)c1n[nH]c2ccccc12)c1ncccc1Cl. The lowest BCUT2D eigenvalue weighted by Crippen LogP contribution is -2.08. The van der Waals surface area contributed by atoms with Crippen molar-refractivity contribution in [2.75, 3.05) is 0 Å². The van der Waals surface area contributed by atoms with Gasteiger partial charge in [0, 0.05) is 24.4 Å². The van der Waals surface area contributed by atoms with E-state index in [1.807, 2.05) is 24.3 Å². The van der Waals surface area contributed by atoms with E-state index in [1.165, 1.54) is 6.20 Å². The van der Waals surface area contributed by atoms with E-state index < -0.39 is 0 Å². The van der Waals surface area contributed by atoms with E-state index in [-0.39, 0.29) is 30.1 Å². The van der Waals surface area contributed by atoms with Crippen molar-refractivity contribution >= 4 is 34.1 Å². The summed E-state index contributed by atoms with van der Waals surface area (Å²) >= 11 is 5.93. The lowest BCUT2D eigenvalue weighted by molar-refractivity contribution is 0.0913. The molecule has 0 aliphatic rings. The second-order valence-electron chi connectivity index (χ2n) is 4.80. The van der Waals surface area contributed by atoms with E-state index in [0.29, 0.717) is 10.7 Å². The van der Waals surface area contributed by atoms with E-state index in [4.69, 9.17) is 11.6 Å². The van der Waals surface area contributed by atoms with Gasteiger partial charge in [-0.15, -0.1) is 0 Å². The van der Waals surface area contributed by atoms with Gasteiger partial charge in [-0.2, -0.15) is 5.10 Å². The Bertz CT molecular complexity index is 857. The van der Waals surface area contributed by atoms with Crippen molar-refractivity contribution in [3.05, 3.63) is 59.0 Å². The fourth-order valence-electron chi connectivity index (χ4n) is 2.23. The number of carbonyl (C=O) groups excluding carboxylic acids is 2. The Kier molecular flexibility index (Phi) is 3.98. The van der Waals surface area contributed by atoms with E-state index in [9.17, 15) is 9.59 Å². The number of aromatic amines is 1. The molecule has 5 nitrogen and oxygen atoms in total. The number of nitrogens with zero attached hydrogens (tertiary/aromatic N) is 2. The number of fused-ring (bicyclic) bond motifs is 1. The van der Waals surface area contributed by atoms with Crippen molar-refractivity contribution in [3.8, 4) is 0 Å². The summed E-state index contributed by atoms with van der Waals surface area (Å²) in [4.78, 5) is 28.3. The predicted molar refractivity (Wildman–Crippen MR) is 83.2 cm³/mol. The van der Waals surface area contributed by atoms with Crippen LogP contribution in [0.4, 0.5) is 0 Å². The first-order chi connectivity index (χ1) is 10.7. The van der Waals surface area contributed by atoms with Crippen LogP contribution in [0.25, 0.3) is 10.9 Å². The van der Waals surface area contributed by atoms with Crippen molar-refractivity contribution in [1.82, 2.24) is 15.2 Å². The maximum absolute atomic E-state index is 12.3. The Morgan fingerprint density at radius 2 is 1.73 bits per heavy atom. The standard InChI is InChI=1S/C16H12ClN3O2/c17-11-5-3-9-18-16(11)14(22)8-7-13(21)15-10-4-1-2-6-12(10)19-20-15/h1-6,9H,7-8H2,(H,19,20). The van der Waals surface area contributed by atoms with Crippen molar-refractivity contribution in [3.63, 3.8) is 0 Å². The van der Waals surface area contributed by atoms with Crippen LogP contribution in [0.5, 0.6) is 0 Å². The van der Waals surface area contributed by atoms with Gasteiger partial charge in [-0.3, -0.25) is 19.7 Å². The molecule has 0 unspecified atom stereocenters. The quantitative estimate of drug-likeness (QED) is 0.732. The number of rotatable bonds is 5. The molecule has 1 aromatic carbocycles. The number of carbonyl (C=O) groups is 2. The van der Waals surface area contributed by atoms with Gasteiger partial charge in [0.2, 0.25) is 0 Å². The third-order valence-corrected chi connectivity index (χ3v) is 3.64. The molecule has 22 heavy (non-hydrogen) atoms. The van der Waals surface area contributed by atoms with Gasteiger partial charge in [0.05, 0.1) is 10.5 Å². The van der Waals surface area contributed by atoms with Gasteiger partial charge in [-0.05, 0) is 18.2 Å². The van der Waals surface area contributed by atoms with Crippen LogP contribution >= 0.6 is 11.6 Å². The molecule has 2 aromatic heterocycles. The van der Waals surface area contributed by atoms with Crippen LogP contribution in [-0.4, -0.2) is 26.7 Å². The summed E-state index contributed by atoms with van der Waals surface area (Å²) in [7, 11) is 0. The zero-order valence-electron chi connectivity index (χ0n) is 11.5. The highest BCUT2D eigenvalue weighted by Gasteiger charge is 2.17. The number of hydrogen-bond acceptors (Lipinski definition) is 4. The van der Waals surface area contributed by atoms with Crippen LogP contribution in [0.2, 0.25) is 5.02 Å². The monoisotopic (exact) mass is 313 g/mol. The first-order valence-corrected chi connectivity index (χ1v) is 7.14. The number of ketones is 2. The molecule has 0 atom stereocenters. The van der Waals surface area contributed by atoms with Crippen molar-refractivity contribution in [2.24, 2.45) is 0 Å². The van der Waals surface area contributed by atoms with Crippen LogP contribution in [-0.2, 0) is 0 Å². The number of benzene rings is 1. The molecule has 3 rings (SSSR count). The van der Waals surface area contributed by atoms with E-state index in [2.05, 4.69) is 15.2 Å². The summed E-state index contributed by atoms with van der Waals surface area (Å²) in [6.45, 7) is 0. The molecule has 6 heteroatoms. The van der Waals surface area contributed by atoms with Crippen molar-refractivity contribution < 1.29 is 9.59 Å². The minimum absolute atomic E-state index is 0.0523. The van der Waals surface area contributed by atoms with Crippen LogP contribution in [0, 0.1) is 0 Å². The summed E-state index contributed by atoms with van der Waals surface area (Å²) in [5.74, 6) is -0.434. The Morgan fingerprint density at radius 3 is 2.50 bits per heavy atom. The minimum atomic E-state index is -0.251. The van der Waals surface area contributed by atoms with E-state index in [0.717, 1.165) is 10.9 Å². The number of nitrogens with one attached hydrogen (secondary N) is 1. The predicted octanol–water partition coefficient (Wildman–Crippen LogP) is 3.46. The Hall–Kier alpha value is -2.53. The summed E-state index contributed by atoms with van der Waals surface area (Å²) in [6.07, 6.45) is 1.62. The van der Waals surface area contributed by atoms with Gasteiger partial charge in [0.1, 0.15) is 11.4 Å². The molecular formula is C16H12ClN3O2. The highest BCUT2D eigenvalue weighted by Crippen LogP contribution is 2.19. The lowest BCUT2D eigenvalue weighted by atomic mass is 10.1. The maximum atomic E-state index is 12.3. The van der Waals surface area contributed by atoms with Gasteiger partial charge in [0.25, 0.3) is 0 Å². The molecule has 0 fully saturated rings. The van der Waals surface area contributed by atoms with Crippen molar-refractivity contribution in [2.45, 2.75) is 12.8 Å². The molecule has 0 saturated heterocycles. The largest absolute Gasteiger partial charge is 0.292 e. The van der Waals surface area contributed by atoms with Crippen LogP contribution in [0.1, 0.15) is 33.8 Å². The van der Waals surface area contributed by atoms with Gasteiger partial charge >= 0.3 is 0 Å². The van der Waals surface area contributed by atoms with Gasteiger partial charge in [0.15, 0.2) is 11.6 Å². The zero-order valence-corrected chi connectivity index (χ0v) is 12.3. The van der Waals surface area contributed by atoms with Crippen molar-refractivity contribution in [1.29, 1.82) is 0 Å². The molecule has 0 spiro atoms. The summed E-state index contributed by atoms with van der Waals surface area (Å²) in [5, 5.41) is 7.90. The van der Waals surface area contributed by atoms with Crippen LogP contribution < -0.4 is 0 Å². The minimum Gasteiger partial charge on any atom is -0.292 e. The molecule has 0 bridgehead atoms. The van der Waals surface area contributed by atoms with Gasteiger partial charge in [-0.25, -0.2) is 0 Å². The Labute approximate surface area is 131 Å². The molecule has 110 valence electrons. The van der Waals surface area contributed by atoms with Gasteiger partial charge < -0.3 is 0 Å². The molecule has 0 aliphatic carbocycles. The first-order valence-electron chi connectivity index (χ1n) is 6.77. The number of H-pyrrole nitrogens is 1. The van der Waals surface area contributed by atoms with E-state index in [1.54, 1.807) is 12.1 Å². The molecule has 0 aliphatic heterocycles. The maximum Gasteiger partial charge on any atom is 0.184 e. The highest BCUT2D eigenvalue weighted by atomic mass is 35.5. The molecule has 0 radical (unpaired) electrons. The number of para-hydroxylation sites is 1. The third kappa shape index (κ3) is 2.76. The molecule has 0 amide bonds. The molecule has 2 heterocycles. The number of pyridine rings is 1. The third-order valence-electron chi connectivity index (χ3n) is 3.34. The number of hydrogen-bond donors (Lipinski definition) is 1. The van der Waals surface area contributed by atoms with Crippen LogP contribution in [0.3, 0.4) is 0 Å². The smallest absolute Gasteiger partial charge is 0.184 e. The number of aromatic nitrogens is 3. The second kappa shape index (κ2) is 6.07. The summed E-state index contributed by atoms with van der Waals surface area (Å²) < 4.78 is 0. The van der Waals surface area contributed by atoms with E-state index >= 15 is 0 Å². The van der Waals surface area contributed by atoms with Crippen LogP contribution in [0.15, 0.2) is 42.6 Å². The number of Topliss-reactive ketones (excluding diaryl/α,β-unsaturated/α-hetero) is 2. The molecular weight excluding hydrogens is 302 g/mol.